The average molecular weight is 383 g/mol. The second-order valence-electron chi connectivity index (χ2n) is 5.24. The second-order valence-corrected chi connectivity index (χ2v) is 6.43. The van der Waals surface area contributed by atoms with Crippen molar-refractivity contribution in [2.75, 3.05) is 11.4 Å². The van der Waals surface area contributed by atoms with Crippen LogP contribution in [0.15, 0.2) is 11.5 Å². The van der Waals surface area contributed by atoms with Crippen LogP contribution < -0.4 is 4.90 Å². The third kappa shape index (κ3) is 4.67. The molecule has 2 aromatic rings. The number of nitrogens with zero attached hydrogens (tertiary/aromatic N) is 4. The van der Waals surface area contributed by atoms with E-state index < -0.39 is 5.97 Å². The quantitative estimate of drug-likeness (QED) is 0.567. The first kappa shape index (κ1) is 19.1. The van der Waals surface area contributed by atoms with E-state index in [9.17, 15) is 9.59 Å². The fourth-order valence-electron chi connectivity index (χ4n) is 2.16. The van der Waals surface area contributed by atoms with E-state index in [1.807, 2.05) is 13.8 Å². The summed E-state index contributed by atoms with van der Waals surface area (Å²) in [4.78, 5) is 29.2. The molecule has 0 unspecified atom stereocenters. The summed E-state index contributed by atoms with van der Waals surface area (Å²) in [5.41, 5.74) is 2.00. The number of carbonyl (C=O) groups excluding carboxylic acids is 2. The molecule has 0 saturated heterocycles. The Hall–Kier alpha value is -2.19. The Morgan fingerprint density at radius 2 is 2.20 bits per heavy atom. The number of aryl methyl sites for hydroxylation is 2. The van der Waals surface area contributed by atoms with Crippen LogP contribution in [-0.2, 0) is 28.0 Å². The number of hydrogen-bond acceptors (Lipinski definition) is 6. The summed E-state index contributed by atoms with van der Waals surface area (Å²) in [6.45, 7) is 5.74. The minimum absolute atomic E-state index is 0.0366. The van der Waals surface area contributed by atoms with Gasteiger partial charge >= 0.3 is 5.97 Å². The number of halogens is 1. The maximum absolute atomic E-state index is 11.9. The first-order valence-corrected chi connectivity index (χ1v) is 8.85. The molecule has 0 aliphatic heterocycles. The first-order valence-electron chi connectivity index (χ1n) is 7.59. The van der Waals surface area contributed by atoms with Crippen molar-refractivity contribution in [1.82, 2.24) is 14.8 Å². The molecule has 0 aromatic carbocycles. The molecule has 0 radical (unpaired) electrons. The third-order valence-electron chi connectivity index (χ3n) is 3.41. The van der Waals surface area contributed by atoms with Crippen LogP contribution >= 0.6 is 22.9 Å². The summed E-state index contributed by atoms with van der Waals surface area (Å²) < 4.78 is 6.70. The molecule has 9 heteroatoms. The molecule has 2 aromatic heterocycles. The molecule has 25 heavy (non-hydrogen) atoms. The molecule has 0 aliphatic carbocycles. The summed E-state index contributed by atoms with van der Waals surface area (Å²) in [6.07, 6.45) is 2.88. The van der Waals surface area contributed by atoms with E-state index in [2.05, 4.69) is 10.1 Å². The highest BCUT2D eigenvalue weighted by Gasteiger charge is 2.14. The van der Waals surface area contributed by atoms with Crippen molar-refractivity contribution in [1.29, 1.82) is 0 Å². The highest BCUT2D eigenvalue weighted by molar-refractivity contribution is 7.14. The van der Waals surface area contributed by atoms with E-state index in [1.165, 1.54) is 29.0 Å². The topological polar surface area (TPSA) is 77.3 Å². The van der Waals surface area contributed by atoms with Crippen molar-refractivity contribution >= 4 is 46.0 Å². The lowest BCUT2D eigenvalue weighted by molar-refractivity contribution is -0.139. The van der Waals surface area contributed by atoms with Crippen molar-refractivity contribution in [2.45, 2.75) is 27.4 Å². The van der Waals surface area contributed by atoms with E-state index in [4.69, 9.17) is 16.3 Å². The van der Waals surface area contributed by atoms with Crippen LogP contribution in [0.1, 0.15) is 30.8 Å². The van der Waals surface area contributed by atoms with Crippen LogP contribution in [0.4, 0.5) is 5.13 Å². The zero-order valence-corrected chi connectivity index (χ0v) is 16.0. The fraction of sp³-hybridized carbons (Fsp3) is 0.375. The van der Waals surface area contributed by atoms with Crippen molar-refractivity contribution < 1.29 is 14.3 Å². The van der Waals surface area contributed by atoms with Gasteiger partial charge in [0.05, 0.1) is 11.4 Å². The zero-order chi connectivity index (χ0) is 18.6. The Morgan fingerprint density at radius 1 is 1.48 bits per heavy atom. The van der Waals surface area contributed by atoms with Crippen LogP contribution in [0.3, 0.4) is 0 Å². The molecule has 0 aliphatic rings. The van der Waals surface area contributed by atoms with Gasteiger partial charge in [-0.2, -0.15) is 5.10 Å². The Morgan fingerprint density at radius 3 is 2.76 bits per heavy atom. The van der Waals surface area contributed by atoms with Gasteiger partial charge in [-0.3, -0.25) is 14.4 Å². The van der Waals surface area contributed by atoms with E-state index in [0.717, 1.165) is 5.69 Å². The van der Waals surface area contributed by atoms with Gasteiger partial charge in [-0.25, -0.2) is 9.78 Å². The first-order chi connectivity index (χ1) is 11.8. The number of thiazole rings is 1. The molecule has 2 heterocycles. The standard InChI is InChI=1S/C16H19ClN4O3S/c1-5-21(11(3)22)16-18-12(9-25-16)8-24-14(23)7-6-13-10(2)19-20(4)15(13)17/h6-7,9H,5,8H2,1-4H3/b7-6+. The van der Waals surface area contributed by atoms with Gasteiger partial charge < -0.3 is 4.74 Å². The maximum Gasteiger partial charge on any atom is 0.331 e. The van der Waals surface area contributed by atoms with Gasteiger partial charge in [0.1, 0.15) is 11.8 Å². The van der Waals surface area contributed by atoms with E-state index in [0.29, 0.717) is 28.1 Å². The number of anilines is 1. The van der Waals surface area contributed by atoms with E-state index >= 15 is 0 Å². The lowest BCUT2D eigenvalue weighted by Gasteiger charge is -2.14. The highest BCUT2D eigenvalue weighted by atomic mass is 35.5. The van der Waals surface area contributed by atoms with Crippen LogP contribution in [0.2, 0.25) is 5.15 Å². The number of amides is 1. The largest absolute Gasteiger partial charge is 0.456 e. The van der Waals surface area contributed by atoms with E-state index in [-0.39, 0.29) is 12.5 Å². The predicted octanol–water partition coefficient (Wildman–Crippen LogP) is 2.97. The Labute approximate surface area is 154 Å². The number of aromatic nitrogens is 3. The number of ether oxygens (including phenoxy) is 1. The molecule has 0 spiro atoms. The molecule has 0 saturated carbocycles. The van der Waals surface area contributed by atoms with Crippen LogP contribution in [0.25, 0.3) is 6.08 Å². The van der Waals surface area contributed by atoms with Crippen molar-refractivity contribution in [3.63, 3.8) is 0 Å². The van der Waals surface area contributed by atoms with Gasteiger partial charge in [0, 0.05) is 37.5 Å². The minimum atomic E-state index is -0.507. The van der Waals surface area contributed by atoms with Crippen molar-refractivity contribution in [2.24, 2.45) is 7.05 Å². The summed E-state index contributed by atoms with van der Waals surface area (Å²) >= 11 is 7.43. The summed E-state index contributed by atoms with van der Waals surface area (Å²) in [6, 6.07) is 0. The molecular weight excluding hydrogens is 364 g/mol. The molecule has 1 amide bonds. The van der Waals surface area contributed by atoms with Gasteiger partial charge in [-0.15, -0.1) is 11.3 Å². The van der Waals surface area contributed by atoms with Crippen molar-refractivity contribution in [3.05, 3.63) is 33.6 Å². The SMILES string of the molecule is CCN(C(C)=O)c1nc(COC(=O)/C=C/c2c(C)nn(C)c2Cl)cs1. The second kappa shape index (κ2) is 8.26. The van der Waals surface area contributed by atoms with Gasteiger partial charge in [0.2, 0.25) is 5.91 Å². The summed E-state index contributed by atoms with van der Waals surface area (Å²) in [7, 11) is 1.73. The van der Waals surface area contributed by atoms with Gasteiger partial charge in [-0.1, -0.05) is 11.6 Å². The van der Waals surface area contributed by atoms with Crippen LogP contribution in [0.5, 0.6) is 0 Å². The van der Waals surface area contributed by atoms with Crippen molar-refractivity contribution in [3.8, 4) is 0 Å². The molecule has 7 nitrogen and oxygen atoms in total. The molecule has 0 fully saturated rings. The number of rotatable bonds is 6. The zero-order valence-electron chi connectivity index (χ0n) is 14.4. The van der Waals surface area contributed by atoms with Gasteiger partial charge in [0.15, 0.2) is 5.13 Å². The number of carbonyl (C=O) groups is 2. The Bertz CT molecular complexity index is 812. The molecule has 2 rings (SSSR count). The normalized spacial score (nSPS) is 11.1. The molecule has 0 N–H and O–H groups in total. The number of hydrogen-bond donors (Lipinski definition) is 0. The van der Waals surface area contributed by atoms with Gasteiger partial charge in [0.25, 0.3) is 0 Å². The summed E-state index contributed by atoms with van der Waals surface area (Å²) in [5, 5.41) is 6.97. The Balaban J connectivity index is 1.95. The lowest BCUT2D eigenvalue weighted by Crippen LogP contribution is -2.27. The predicted molar refractivity (Wildman–Crippen MR) is 97.6 cm³/mol. The molecule has 134 valence electrons. The smallest absolute Gasteiger partial charge is 0.331 e. The van der Waals surface area contributed by atoms with Crippen LogP contribution in [-0.4, -0.2) is 33.2 Å². The maximum atomic E-state index is 11.9. The van der Waals surface area contributed by atoms with E-state index in [1.54, 1.807) is 23.4 Å². The highest BCUT2D eigenvalue weighted by Crippen LogP contribution is 2.22. The van der Waals surface area contributed by atoms with Gasteiger partial charge in [-0.05, 0) is 19.9 Å². The number of esters is 1. The third-order valence-corrected chi connectivity index (χ3v) is 4.77. The lowest BCUT2D eigenvalue weighted by atomic mass is 10.2. The molecule has 0 atom stereocenters. The average Bonchev–Trinajstić information content (AvgIpc) is 3.10. The minimum Gasteiger partial charge on any atom is -0.456 e. The monoisotopic (exact) mass is 382 g/mol. The summed E-state index contributed by atoms with van der Waals surface area (Å²) in [5.74, 6) is -0.583. The molecule has 0 bridgehead atoms. The fourth-order valence-corrected chi connectivity index (χ4v) is 3.31. The molecular formula is C16H19ClN4O3S. The Kier molecular flexibility index (Phi) is 6.33. The van der Waals surface area contributed by atoms with Crippen LogP contribution in [0, 0.1) is 6.92 Å².